The van der Waals surface area contributed by atoms with Crippen LogP contribution in [0.25, 0.3) is 5.69 Å². The Kier molecular flexibility index (Phi) is 5.76. The number of aryl methyl sites for hydroxylation is 2. The number of amides is 1. The molecule has 6 nitrogen and oxygen atoms in total. The van der Waals surface area contributed by atoms with Gasteiger partial charge in [-0.3, -0.25) is 4.79 Å². The molecule has 0 radical (unpaired) electrons. The van der Waals surface area contributed by atoms with Crippen LogP contribution in [0, 0.1) is 19.8 Å². The molecule has 1 amide bonds. The van der Waals surface area contributed by atoms with E-state index in [0.717, 1.165) is 5.69 Å². The quantitative estimate of drug-likeness (QED) is 0.823. The second kappa shape index (κ2) is 7.59. The summed E-state index contributed by atoms with van der Waals surface area (Å²) in [5, 5.41) is 15.4. The largest absolute Gasteiger partial charge is 0.353 e. The zero-order chi connectivity index (χ0) is 17.0. The Morgan fingerprint density at radius 1 is 1.26 bits per heavy atom. The van der Waals surface area contributed by atoms with E-state index in [-0.39, 0.29) is 11.9 Å². The molecule has 2 rings (SSSR count). The molecular weight excluding hydrogens is 310 g/mol. The Morgan fingerprint density at radius 3 is 2.65 bits per heavy atom. The number of hydrogen-bond acceptors (Lipinski definition) is 5. The fraction of sp³-hybridized carbons (Fsp3) is 0.500. The summed E-state index contributed by atoms with van der Waals surface area (Å²) in [6.07, 6.45) is 0. The molecule has 0 aliphatic carbocycles. The zero-order valence-corrected chi connectivity index (χ0v) is 15.0. The maximum Gasteiger partial charge on any atom is 0.230 e. The minimum Gasteiger partial charge on any atom is -0.353 e. The third-order valence-electron chi connectivity index (χ3n) is 3.90. The summed E-state index contributed by atoms with van der Waals surface area (Å²) in [6.45, 7) is 10.3. The van der Waals surface area contributed by atoms with Gasteiger partial charge in [-0.15, -0.1) is 5.10 Å². The predicted molar refractivity (Wildman–Crippen MR) is 91.8 cm³/mol. The van der Waals surface area contributed by atoms with E-state index in [0.29, 0.717) is 16.8 Å². The SMILES string of the molecule is Cc1ccc(-n2nnnc2SCC(=O)NC(C)C(C)C)cc1C. The molecule has 1 N–H and O–H groups in total. The second-order valence-electron chi connectivity index (χ2n) is 6.03. The van der Waals surface area contributed by atoms with Crippen LogP contribution in [0.5, 0.6) is 0 Å². The number of thioether (sulfide) groups is 1. The molecule has 0 saturated heterocycles. The number of nitrogens with one attached hydrogen (secondary N) is 1. The van der Waals surface area contributed by atoms with Gasteiger partial charge in [0.15, 0.2) is 0 Å². The molecule has 0 aliphatic heterocycles. The van der Waals surface area contributed by atoms with Gasteiger partial charge in [0.2, 0.25) is 11.1 Å². The van der Waals surface area contributed by atoms with E-state index < -0.39 is 0 Å². The third-order valence-corrected chi connectivity index (χ3v) is 4.82. The van der Waals surface area contributed by atoms with Crippen molar-refractivity contribution < 1.29 is 4.79 Å². The number of carbonyl (C=O) groups excluding carboxylic acids is 1. The van der Waals surface area contributed by atoms with E-state index in [2.05, 4.69) is 48.5 Å². The summed E-state index contributed by atoms with van der Waals surface area (Å²) >= 11 is 1.34. The molecule has 1 aromatic carbocycles. The molecular formula is C16H23N5OS. The first-order chi connectivity index (χ1) is 10.9. The van der Waals surface area contributed by atoms with Crippen LogP contribution in [0.4, 0.5) is 0 Å². The molecule has 0 bridgehead atoms. The van der Waals surface area contributed by atoms with Gasteiger partial charge in [0.05, 0.1) is 11.4 Å². The van der Waals surface area contributed by atoms with Crippen molar-refractivity contribution in [1.82, 2.24) is 25.5 Å². The molecule has 0 saturated carbocycles. The Hall–Kier alpha value is -1.89. The number of nitrogens with zero attached hydrogens (tertiary/aromatic N) is 4. The summed E-state index contributed by atoms with van der Waals surface area (Å²) in [5.41, 5.74) is 3.30. The molecule has 23 heavy (non-hydrogen) atoms. The number of benzene rings is 1. The number of hydrogen-bond donors (Lipinski definition) is 1. The smallest absolute Gasteiger partial charge is 0.230 e. The van der Waals surface area contributed by atoms with E-state index in [1.54, 1.807) is 4.68 Å². The van der Waals surface area contributed by atoms with Gasteiger partial charge in [0.25, 0.3) is 0 Å². The summed E-state index contributed by atoms with van der Waals surface area (Å²) in [5.74, 6) is 0.693. The molecule has 124 valence electrons. The van der Waals surface area contributed by atoms with E-state index >= 15 is 0 Å². The lowest BCUT2D eigenvalue weighted by Gasteiger charge is -2.17. The highest BCUT2D eigenvalue weighted by molar-refractivity contribution is 7.99. The van der Waals surface area contributed by atoms with Crippen LogP contribution in [-0.2, 0) is 4.79 Å². The van der Waals surface area contributed by atoms with Crippen molar-refractivity contribution in [2.45, 2.75) is 45.8 Å². The average molecular weight is 333 g/mol. The summed E-state index contributed by atoms with van der Waals surface area (Å²) in [7, 11) is 0. The lowest BCUT2D eigenvalue weighted by Crippen LogP contribution is -2.37. The van der Waals surface area contributed by atoms with E-state index in [9.17, 15) is 4.79 Å². The van der Waals surface area contributed by atoms with Gasteiger partial charge in [-0.25, -0.2) is 0 Å². The highest BCUT2D eigenvalue weighted by atomic mass is 32.2. The third kappa shape index (κ3) is 4.54. The lowest BCUT2D eigenvalue weighted by molar-refractivity contribution is -0.119. The monoisotopic (exact) mass is 333 g/mol. The predicted octanol–water partition coefficient (Wildman–Crippen LogP) is 2.53. The van der Waals surface area contributed by atoms with E-state index in [1.165, 1.54) is 22.9 Å². The Balaban J connectivity index is 2.04. The maximum atomic E-state index is 12.0. The van der Waals surface area contributed by atoms with Crippen molar-refractivity contribution in [3.8, 4) is 5.69 Å². The molecule has 1 heterocycles. The molecule has 2 aromatic rings. The second-order valence-corrected chi connectivity index (χ2v) is 6.97. The van der Waals surface area contributed by atoms with Crippen LogP contribution >= 0.6 is 11.8 Å². The van der Waals surface area contributed by atoms with Crippen LogP contribution in [0.3, 0.4) is 0 Å². The first-order valence-corrected chi connectivity index (χ1v) is 8.65. The van der Waals surface area contributed by atoms with Gasteiger partial charge in [0.1, 0.15) is 0 Å². The highest BCUT2D eigenvalue weighted by Gasteiger charge is 2.14. The maximum absolute atomic E-state index is 12.0. The molecule has 1 aromatic heterocycles. The summed E-state index contributed by atoms with van der Waals surface area (Å²) < 4.78 is 1.66. The zero-order valence-electron chi connectivity index (χ0n) is 14.2. The van der Waals surface area contributed by atoms with Crippen molar-refractivity contribution in [2.24, 2.45) is 5.92 Å². The molecule has 0 spiro atoms. The van der Waals surface area contributed by atoms with Gasteiger partial charge in [0, 0.05) is 6.04 Å². The number of rotatable bonds is 6. The highest BCUT2D eigenvalue weighted by Crippen LogP contribution is 2.20. The van der Waals surface area contributed by atoms with Crippen LogP contribution in [0.2, 0.25) is 0 Å². The average Bonchev–Trinajstić information content (AvgIpc) is 2.96. The Morgan fingerprint density at radius 2 is 2.00 bits per heavy atom. The molecule has 0 aliphatic rings. The standard InChI is InChI=1S/C16H23N5OS/c1-10(2)13(5)17-15(22)9-23-16-18-19-20-21(16)14-7-6-11(3)12(4)8-14/h6-8,10,13H,9H2,1-5H3,(H,17,22). The van der Waals surface area contributed by atoms with E-state index in [1.807, 2.05) is 25.1 Å². The Bertz CT molecular complexity index is 683. The van der Waals surface area contributed by atoms with Crippen molar-refractivity contribution in [2.75, 3.05) is 5.75 Å². The summed E-state index contributed by atoms with van der Waals surface area (Å²) in [4.78, 5) is 12.0. The minimum absolute atomic E-state index is 0.00848. The lowest BCUT2D eigenvalue weighted by atomic mass is 10.1. The minimum atomic E-state index is -0.00848. The Labute approximate surface area is 141 Å². The van der Waals surface area contributed by atoms with Gasteiger partial charge in [-0.05, 0) is 60.4 Å². The first-order valence-electron chi connectivity index (χ1n) is 7.66. The van der Waals surface area contributed by atoms with Crippen LogP contribution in [-0.4, -0.2) is 37.9 Å². The summed E-state index contributed by atoms with van der Waals surface area (Å²) in [6, 6.07) is 6.21. The van der Waals surface area contributed by atoms with Crippen molar-refractivity contribution in [3.05, 3.63) is 29.3 Å². The number of carbonyl (C=O) groups is 1. The van der Waals surface area contributed by atoms with Crippen molar-refractivity contribution >= 4 is 17.7 Å². The normalized spacial score (nSPS) is 12.4. The van der Waals surface area contributed by atoms with Crippen LogP contribution < -0.4 is 5.32 Å². The van der Waals surface area contributed by atoms with Gasteiger partial charge >= 0.3 is 0 Å². The fourth-order valence-electron chi connectivity index (χ4n) is 1.88. The molecule has 7 heteroatoms. The number of aromatic nitrogens is 4. The molecule has 0 fully saturated rings. The molecule has 1 unspecified atom stereocenters. The van der Waals surface area contributed by atoms with Gasteiger partial charge < -0.3 is 5.32 Å². The van der Waals surface area contributed by atoms with Crippen molar-refractivity contribution in [3.63, 3.8) is 0 Å². The van der Waals surface area contributed by atoms with Crippen LogP contribution in [0.15, 0.2) is 23.4 Å². The molecule has 1 atom stereocenters. The van der Waals surface area contributed by atoms with E-state index in [4.69, 9.17) is 0 Å². The number of tetrazole rings is 1. The van der Waals surface area contributed by atoms with Crippen LogP contribution in [0.1, 0.15) is 31.9 Å². The first kappa shape index (κ1) is 17.5. The topological polar surface area (TPSA) is 72.7 Å². The van der Waals surface area contributed by atoms with Crippen molar-refractivity contribution in [1.29, 1.82) is 0 Å². The van der Waals surface area contributed by atoms with Gasteiger partial charge in [-0.2, -0.15) is 4.68 Å². The fourth-order valence-corrected chi connectivity index (χ4v) is 2.58. The van der Waals surface area contributed by atoms with Gasteiger partial charge in [-0.1, -0.05) is 31.7 Å².